The molecule has 0 bridgehead atoms. The highest BCUT2D eigenvalue weighted by Gasteiger charge is 2.38. The zero-order chi connectivity index (χ0) is 23.7. The Balaban J connectivity index is 0.00000289. The lowest BCUT2D eigenvalue weighted by Gasteiger charge is -2.23. The van der Waals surface area contributed by atoms with Crippen LogP contribution in [0.2, 0.25) is 0 Å². The molecule has 3 heterocycles. The van der Waals surface area contributed by atoms with Crippen LogP contribution in [0.5, 0.6) is 0 Å². The minimum absolute atomic E-state index is 0. The van der Waals surface area contributed by atoms with Crippen LogP contribution < -0.4 is 4.90 Å². The molecule has 3 aromatic heterocycles. The van der Waals surface area contributed by atoms with E-state index < -0.39 is 11.9 Å². The maximum absolute atomic E-state index is 13.3. The molecule has 35 heavy (non-hydrogen) atoms. The number of anilines is 2. The Bertz CT molecular complexity index is 1290. The molecule has 180 valence electrons. The van der Waals surface area contributed by atoms with Crippen LogP contribution in [0.1, 0.15) is 35.8 Å². The van der Waals surface area contributed by atoms with Gasteiger partial charge in [0, 0.05) is 29.2 Å². The fraction of sp³-hybridized carbons (Fsp3) is 0.200. The van der Waals surface area contributed by atoms with E-state index in [9.17, 15) is 18.0 Å². The summed E-state index contributed by atoms with van der Waals surface area (Å²) < 4.78 is 41.0. The number of aromatic nitrogens is 4. The Morgan fingerprint density at radius 2 is 1.71 bits per heavy atom. The molecule has 1 aliphatic carbocycles. The molecule has 0 radical (unpaired) electrons. The summed E-state index contributed by atoms with van der Waals surface area (Å²) >= 11 is 0. The number of hydrogen-bond donors (Lipinski definition) is 0. The molecule has 4 aromatic rings. The van der Waals surface area contributed by atoms with Gasteiger partial charge in [0.1, 0.15) is 0 Å². The van der Waals surface area contributed by atoms with Crippen LogP contribution in [0.25, 0.3) is 5.82 Å². The molecule has 1 saturated carbocycles. The number of rotatable bonds is 6. The highest BCUT2D eigenvalue weighted by atomic mass is 35.5. The van der Waals surface area contributed by atoms with Crippen LogP contribution in [-0.2, 0) is 17.4 Å². The van der Waals surface area contributed by atoms with Crippen molar-refractivity contribution in [1.29, 1.82) is 0 Å². The van der Waals surface area contributed by atoms with Crippen molar-refractivity contribution in [2.45, 2.75) is 31.4 Å². The van der Waals surface area contributed by atoms with Gasteiger partial charge in [-0.15, -0.1) is 12.4 Å². The first kappa shape index (κ1) is 24.4. The quantitative estimate of drug-likeness (QED) is 0.332. The topological polar surface area (TPSA) is 63.9 Å². The van der Waals surface area contributed by atoms with Gasteiger partial charge in [-0.3, -0.25) is 14.7 Å². The van der Waals surface area contributed by atoms with Gasteiger partial charge >= 0.3 is 6.18 Å². The van der Waals surface area contributed by atoms with Crippen molar-refractivity contribution in [1.82, 2.24) is 19.7 Å². The predicted octanol–water partition coefficient (Wildman–Crippen LogP) is 5.89. The molecule has 0 aliphatic heterocycles. The lowest BCUT2D eigenvalue weighted by atomic mass is 10.2. The number of para-hydroxylation sites is 1. The fourth-order valence-corrected chi connectivity index (χ4v) is 3.77. The third-order valence-electron chi connectivity index (χ3n) is 5.55. The molecule has 1 aliphatic rings. The zero-order valence-corrected chi connectivity index (χ0v) is 19.2. The summed E-state index contributed by atoms with van der Waals surface area (Å²) in [5.41, 5.74) is 1.33. The summed E-state index contributed by atoms with van der Waals surface area (Å²) in [5.74, 6) is 0.105. The van der Waals surface area contributed by atoms with Crippen molar-refractivity contribution in [2.75, 3.05) is 4.90 Å². The largest absolute Gasteiger partial charge is 0.435 e. The van der Waals surface area contributed by atoms with Gasteiger partial charge in [0.2, 0.25) is 5.91 Å². The minimum Gasteiger partial charge on any atom is -0.279 e. The summed E-state index contributed by atoms with van der Waals surface area (Å²) in [5, 5.41) is 3.78. The van der Waals surface area contributed by atoms with Crippen molar-refractivity contribution in [3.05, 3.63) is 96.2 Å². The Hall–Kier alpha value is -3.72. The third kappa shape index (κ3) is 5.35. The van der Waals surface area contributed by atoms with Gasteiger partial charge in [-0.1, -0.05) is 24.3 Å². The average molecular weight is 500 g/mol. The Labute approximate surface area is 205 Å². The van der Waals surface area contributed by atoms with Gasteiger partial charge in [0.25, 0.3) is 0 Å². The molecule has 1 fully saturated rings. The summed E-state index contributed by atoms with van der Waals surface area (Å²) in [6, 6.07) is 18.8. The van der Waals surface area contributed by atoms with Crippen molar-refractivity contribution < 1.29 is 18.0 Å². The summed E-state index contributed by atoms with van der Waals surface area (Å²) in [6.45, 7) is 0. The SMILES string of the molecule is Cl.O=C(Cc1ccccn1)N(c1ccccc1)c1ccc(-n2nc(C(F)(F)F)cc2C2CC2)nc1. The van der Waals surface area contributed by atoms with Crippen molar-refractivity contribution in [2.24, 2.45) is 0 Å². The van der Waals surface area contributed by atoms with E-state index in [0.29, 0.717) is 22.8 Å². The number of carbonyl (C=O) groups excluding carboxylic acids is 1. The van der Waals surface area contributed by atoms with Gasteiger partial charge in [0.15, 0.2) is 11.5 Å². The molecule has 0 saturated heterocycles. The molecular weight excluding hydrogens is 479 g/mol. The summed E-state index contributed by atoms with van der Waals surface area (Å²) in [7, 11) is 0. The Morgan fingerprint density at radius 3 is 2.31 bits per heavy atom. The molecule has 0 atom stereocenters. The van der Waals surface area contributed by atoms with Crippen LogP contribution in [0.4, 0.5) is 24.5 Å². The first-order valence-electron chi connectivity index (χ1n) is 10.8. The summed E-state index contributed by atoms with van der Waals surface area (Å²) in [6.07, 6.45) is 0.302. The smallest absolute Gasteiger partial charge is 0.279 e. The molecule has 0 N–H and O–H groups in total. The van der Waals surface area contributed by atoms with Gasteiger partial charge < -0.3 is 0 Å². The molecule has 5 rings (SSSR count). The Morgan fingerprint density at radius 1 is 0.971 bits per heavy atom. The van der Waals surface area contributed by atoms with Gasteiger partial charge in [-0.05, 0) is 55.3 Å². The summed E-state index contributed by atoms with van der Waals surface area (Å²) in [4.78, 5) is 23.4. The predicted molar refractivity (Wildman–Crippen MR) is 127 cm³/mol. The van der Waals surface area contributed by atoms with Crippen molar-refractivity contribution in [3.63, 3.8) is 0 Å². The van der Waals surface area contributed by atoms with E-state index in [1.165, 1.54) is 15.8 Å². The van der Waals surface area contributed by atoms with Crippen LogP contribution >= 0.6 is 12.4 Å². The normalized spacial score (nSPS) is 13.2. The fourth-order valence-electron chi connectivity index (χ4n) is 3.77. The highest BCUT2D eigenvalue weighted by molar-refractivity contribution is 6.01. The Kier molecular flexibility index (Phi) is 6.88. The van der Waals surface area contributed by atoms with Crippen LogP contribution in [-0.4, -0.2) is 25.7 Å². The molecule has 6 nitrogen and oxygen atoms in total. The van der Waals surface area contributed by atoms with Crippen LogP contribution in [0, 0.1) is 0 Å². The first-order valence-corrected chi connectivity index (χ1v) is 10.8. The van der Waals surface area contributed by atoms with Crippen LogP contribution in [0.3, 0.4) is 0 Å². The monoisotopic (exact) mass is 499 g/mol. The van der Waals surface area contributed by atoms with E-state index in [2.05, 4.69) is 15.1 Å². The lowest BCUT2D eigenvalue weighted by molar-refractivity contribution is -0.141. The van der Waals surface area contributed by atoms with E-state index >= 15 is 0 Å². The van der Waals surface area contributed by atoms with E-state index in [1.54, 1.807) is 42.6 Å². The second kappa shape index (κ2) is 9.87. The average Bonchev–Trinajstić information content (AvgIpc) is 3.58. The second-order valence-electron chi connectivity index (χ2n) is 8.08. The number of amides is 1. The van der Waals surface area contributed by atoms with Gasteiger partial charge in [-0.25, -0.2) is 9.67 Å². The third-order valence-corrected chi connectivity index (χ3v) is 5.55. The standard InChI is InChI=1S/C25H20F3N5O.ClH/c26-25(27,28)22-15-21(17-9-10-17)33(31-22)23-12-11-20(16-30-23)32(19-7-2-1-3-8-19)24(34)14-18-6-4-5-13-29-18;/h1-8,11-13,15-17H,9-10,14H2;1H. The van der Waals surface area contributed by atoms with Gasteiger partial charge in [0.05, 0.1) is 18.3 Å². The lowest BCUT2D eigenvalue weighted by Crippen LogP contribution is -2.28. The maximum Gasteiger partial charge on any atom is 0.435 e. The molecular formula is C25H21ClF3N5O. The van der Waals surface area contributed by atoms with Gasteiger partial charge in [-0.2, -0.15) is 18.3 Å². The number of carbonyl (C=O) groups is 1. The number of benzene rings is 1. The number of alkyl halides is 3. The second-order valence-corrected chi connectivity index (χ2v) is 8.08. The zero-order valence-electron chi connectivity index (χ0n) is 18.4. The molecule has 10 heteroatoms. The van der Waals surface area contributed by atoms with E-state index in [4.69, 9.17) is 0 Å². The molecule has 0 unspecified atom stereocenters. The van der Waals surface area contributed by atoms with E-state index in [-0.39, 0.29) is 36.5 Å². The molecule has 1 aromatic carbocycles. The highest BCUT2D eigenvalue weighted by Crippen LogP contribution is 2.42. The first-order chi connectivity index (χ1) is 16.4. The number of halogens is 4. The molecule has 0 spiro atoms. The van der Waals surface area contributed by atoms with E-state index in [0.717, 1.165) is 18.9 Å². The van der Waals surface area contributed by atoms with Crippen molar-refractivity contribution >= 4 is 29.7 Å². The number of pyridine rings is 2. The minimum atomic E-state index is -4.53. The maximum atomic E-state index is 13.3. The van der Waals surface area contributed by atoms with E-state index in [1.807, 2.05) is 24.3 Å². The van der Waals surface area contributed by atoms with Crippen molar-refractivity contribution in [3.8, 4) is 5.82 Å². The van der Waals surface area contributed by atoms with Crippen LogP contribution in [0.15, 0.2) is 79.1 Å². The number of nitrogens with zero attached hydrogens (tertiary/aromatic N) is 5. The molecule has 1 amide bonds. The number of hydrogen-bond acceptors (Lipinski definition) is 4.